The average Bonchev–Trinajstić information content (AvgIpc) is 2.01. The molecule has 0 N–H and O–H groups in total. The fraction of sp³-hybridized carbons (Fsp3) is 0.333. The summed E-state index contributed by atoms with van der Waals surface area (Å²) in [6.45, 7) is 1.68. The highest BCUT2D eigenvalue weighted by Crippen LogP contribution is 2.31. The molecule has 14 heavy (non-hydrogen) atoms. The van der Waals surface area contributed by atoms with Gasteiger partial charge in [-0.15, -0.1) is 0 Å². The minimum atomic E-state index is -4.32. The number of hydrogen-bond acceptors (Lipinski definition) is 1. The van der Waals surface area contributed by atoms with E-state index in [1.807, 2.05) is 0 Å². The molecule has 1 unspecified atom stereocenters. The van der Waals surface area contributed by atoms with Gasteiger partial charge in [0.15, 0.2) is 5.01 Å². The van der Waals surface area contributed by atoms with Crippen molar-refractivity contribution in [2.75, 3.05) is 0 Å². The highest BCUT2D eigenvalue weighted by molar-refractivity contribution is 9.09. The zero-order chi connectivity index (χ0) is 10.8. The van der Waals surface area contributed by atoms with Gasteiger partial charge in [0.1, 0.15) is 5.75 Å². The first-order chi connectivity index (χ1) is 6.39. The van der Waals surface area contributed by atoms with Crippen molar-refractivity contribution in [2.45, 2.75) is 18.1 Å². The normalized spacial score (nSPS) is 13.8. The highest BCUT2D eigenvalue weighted by Gasteiger charge is 2.30. The fourth-order valence-corrected chi connectivity index (χ4v) is 1.15. The zero-order valence-electron chi connectivity index (χ0n) is 7.31. The Morgan fingerprint density at radius 3 is 2.50 bits per heavy atom. The summed E-state index contributed by atoms with van der Waals surface area (Å²) < 4.78 is 41.8. The lowest BCUT2D eigenvalue weighted by Gasteiger charge is -2.11. The second-order valence-electron chi connectivity index (χ2n) is 2.69. The van der Waals surface area contributed by atoms with E-state index < -0.39 is 11.7 Å². The van der Waals surface area contributed by atoms with Crippen molar-refractivity contribution in [3.05, 3.63) is 29.8 Å². The number of rotatable bonds is 2. The quantitative estimate of drug-likeness (QED) is 0.741. The van der Waals surface area contributed by atoms with Crippen LogP contribution in [-0.2, 0) is 6.18 Å². The second-order valence-corrected chi connectivity index (χ2v) is 3.98. The van der Waals surface area contributed by atoms with Crippen LogP contribution in [0.3, 0.4) is 0 Å². The van der Waals surface area contributed by atoms with Crippen LogP contribution in [0.5, 0.6) is 5.75 Å². The molecular weight excluding hydrogens is 261 g/mol. The predicted octanol–water partition coefficient (Wildman–Crippen LogP) is 3.83. The molecular formula is C9H8BrF3O. The maximum atomic E-state index is 12.2. The SMILES string of the molecule is CC(Br)Oc1cccc(C(F)(F)F)c1. The molecule has 0 aliphatic heterocycles. The molecule has 0 aromatic heterocycles. The minimum Gasteiger partial charge on any atom is -0.480 e. The summed E-state index contributed by atoms with van der Waals surface area (Å²) in [6, 6.07) is 4.77. The van der Waals surface area contributed by atoms with Crippen LogP contribution < -0.4 is 4.74 Å². The number of benzene rings is 1. The summed E-state index contributed by atoms with van der Waals surface area (Å²) >= 11 is 3.08. The summed E-state index contributed by atoms with van der Waals surface area (Å²) in [6.07, 6.45) is -4.32. The zero-order valence-corrected chi connectivity index (χ0v) is 8.89. The minimum absolute atomic E-state index is 0.198. The molecule has 1 rings (SSSR count). The molecule has 5 heteroatoms. The molecule has 0 fully saturated rings. The Morgan fingerprint density at radius 1 is 1.36 bits per heavy atom. The Bertz CT molecular complexity index is 309. The van der Waals surface area contributed by atoms with Crippen molar-refractivity contribution >= 4 is 15.9 Å². The van der Waals surface area contributed by atoms with Crippen molar-refractivity contribution in [3.63, 3.8) is 0 Å². The number of ether oxygens (including phenoxy) is 1. The van der Waals surface area contributed by atoms with E-state index in [-0.39, 0.29) is 10.8 Å². The van der Waals surface area contributed by atoms with Gasteiger partial charge in [-0.1, -0.05) is 6.07 Å². The molecule has 0 aliphatic carbocycles. The third-order valence-corrected chi connectivity index (χ3v) is 1.65. The monoisotopic (exact) mass is 268 g/mol. The van der Waals surface area contributed by atoms with E-state index in [0.717, 1.165) is 12.1 Å². The van der Waals surface area contributed by atoms with Gasteiger partial charge in [0.05, 0.1) is 5.56 Å². The maximum absolute atomic E-state index is 12.2. The van der Waals surface area contributed by atoms with Crippen LogP contribution >= 0.6 is 15.9 Å². The summed E-state index contributed by atoms with van der Waals surface area (Å²) in [5.74, 6) is 0.198. The van der Waals surface area contributed by atoms with Gasteiger partial charge >= 0.3 is 6.18 Å². The van der Waals surface area contributed by atoms with Crippen LogP contribution in [0.4, 0.5) is 13.2 Å². The fourth-order valence-electron chi connectivity index (χ4n) is 0.933. The molecule has 78 valence electrons. The molecule has 1 nitrogen and oxygen atoms in total. The maximum Gasteiger partial charge on any atom is 0.416 e. The predicted molar refractivity (Wildman–Crippen MR) is 50.5 cm³/mol. The third-order valence-electron chi connectivity index (χ3n) is 1.46. The van der Waals surface area contributed by atoms with Gasteiger partial charge in [-0.2, -0.15) is 13.2 Å². The molecule has 0 bridgehead atoms. The largest absolute Gasteiger partial charge is 0.480 e. The molecule has 0 spiro atoms. The highest BCUT2D eigenvalue weighted by atomic mass is 79.9. The molecule has 0 heterocycles. The van der Waals surface area contributed by atoms with Crippen LogP contribution in [0.2, 0.25) is 0 Å². The number of alkyl halides is 4. The summed E-state index contributed by atoms with van der Waals surface area (Å²) in [5.41, 5.74) is -0.705. The van der Waals surface area contributed by atoms with Gasteiger partial charge in [0.25, 0.3) is 0 Å². The van der Waals surface area contributed by atoms with Crippen molar-refractivity contribution in [1.29, 1.82) is 0 Å². The van der Waals surface area contributed by atoms with E-state index in [4.69, 9.17) is 4.74 Å². The Morgan fingerprint density at radius 2 is 2.00 bits per heavy atom. The van der Waals surface area contributed by atoms with Gasteiger partial charge in [-0.3, -0.25) is 0 Å². The Kier molecular flexibility index (Phi) is 3.42. The Labute approximate surface area is 88.0 Å². The summed E-state index contributed by atoms with van der Waals surface area (Å²) in [5, 5.41) is -0.314. The van der Waals surface area contributed by atoms with Crippen LogP contribution in [0, 0.1) is 0 Å². The van der Waals surface area contributed by atoms with E-state index in [1.54, 1.807) is 6.92 Å². The first-order valence-electron chi connectivity index (χ1n) is 3.87. The Hall–Kier alpha value is -0.710. The van der Waals surface area contributed by atoms with Crippen molar-refractivity contribution in [3.8, 4) is 5.75 Å². The smallest absolute Gasteiger partial charge is 0.416 e. The van der Waals surface area contributed by atoms with Gasteiger partial charge in [-0.05, 0) is 41.1 Å². The van der Waals surface area contributed by atoms with Crippen LogP contribution in [0.25, 0.3) is 0 Å². The molecule has 1 aromatic carbocycles. The lowest BCUT2D eigenvalue weighted by Crippen LogP contribution is -2.06. The Balaban J connectivity index is 2.90. The molecule has 0 saturated carbocycles. The van der Waals surface area contributed by atoms with Crippen LogP contribution in [0.1, 0.15) is 12.5 Å². The summed E-state index contributed by atoms with van der Waals surface area (Å²) in [7, 11) is 0. The van der Waals surface area contributed by atoms with E-state index >= 15 is 0 Å². The molecule has 0 aliphatic rings. The second kappa shape index (κ2) is 4.21. The van der Waals surface area contributed by atoms with E-state index in [9.17, 15) is 13.2 Å². The lowest BCUT2D eigenvalue weighted by molar-refractivity contribution is -0.137. The number of halogens is 4. The molecule has 1 atom stereocenters. The lowest BCUT2D eigenvalue weighted by atomic mass is 10.2. The molecule has 1 aromatic rings. The first-order valence-corrected chi connectivity index (χ1v) is 4.79. The third kappa shape index (κ3) is 3.21. The van der Waals surface area contributed by atoms with E-state index in [2.05, 4.69) is 15.9 Å². The van der Waals surface area contributed by atoms with Crippen molar-refractivity contribution in [1.82, 2.24) is 0 Å². The molecule has 0 amide bonds. The van der Waals surface area contributed by atoms with E-state index in [1.165, 1.54) is 12.1 Å². The van der Waals surface area contributed by atoms with Crippen molar-refractivity contribution < 1.29 is 17.9 Å². The van der Waals surface area contributed by atoms with Gasteiger partial charge in [0, 0.05) is 0 Å². The van der Waals surface area contributed by atoms with E-state index in [0.29, 0.717) is 0 Å². The van der Waals surface area contributed by atoms with Gasteiger partial charge in [-0.25, -0.2) is 0 Å². The van der Waals surface area contributed by atoms with Gasteiger partial charge in [0.2, 0.25) is 0 Å². The average molecular weight is 269 g/mol. The first kappa shape index (κ1) is 11.4. The topological polar surface area (TPSA) is 9.23 Å². The summed E-state index contributed by atoms with van der Waals surface area (Å²) in [4.78, 5) is 0. The number of hydrogen-bond donors (Lipinski definition) is 0. The molecule has 0 saturated heterocycles. The standard InChI is InChI=1S/C9H8BrF3O/c1-6(10)14-8-4-2-3-7(5-8)9(11,12)13/h2-6H,1H3. The van der Waals surface area contributed by atoms with Crippen LogP contribution in [0.15, 0.2) is 24.3 Å². The molecule has 0 radical (unpaired) electrons. The van der Waals surface area contributed by atoms with Crippen molar-refractivity contribution in [2.24, 2.45) is 0 Å². The van der Waals surface area contributed by atoms with Crippen LogP contribution in [-0.4, -0.2) is 5.01 Å². The van der Waals surface area contributed by atoms with Gasteiger partial charge < -0.3 is 4.74 Å².